The molecule has 4 nitrogen and oxygen atoms in total. The van der Waals surface area contributed by atoms with Crippen molar-refractivity contribution in [1.29, 1.82) is 0 Å². The zero-order valence-electron chi connectivity index (χ0n) is 16.8. The van der Waals surface area contributed by atoms with Crippen LogP contribution >= 0.6 is 0 Å². The second-order valence-electron chi connectivity index (χ2n) is 8.08. The average molecular weight is 375 g/mol. The molecule has 0 radical (unpaired) electrons. The number of hydrogen-bond acceptors (Lipinski definition) is 4. The van der Waals surface area contributed by atoms with Gasteiger partial charge in [-0.15, -0.1) is 0 Å². The van der Waals surface area contributed by atoms with Crippen LogP contribution in [0.2, 0.25) is 0 Å². The van der Waals surface area contributed by atoms with Gasteiger partial charge in [0, 0.05) is 0 Å². The lowest BCUT2D eigenvalue weighted by atomic mass is 9.77. The van der Waals surface area contributed by atoms with Crippen molar-refractivity contribution < 1.29 is 19.0 Å². The van der Waals surface area contributed by atoms with Gasteiger partial charge in [0.2, 0.25) is 6.29 Å². The highest BCUT2D eigenvalue weighted by molar-refractivity contribution is 5.64. The Hall–Kier alpha value is -1.55. The van der Waals surface area contributed by atoms with Gasteiger partial charge < -0.3 is 14.2 Å². The van der Waals surface area contributed by atoms with Crippen molar-refractivity contribution in [2.45, 2.75) is 96.4 Å². The first-order valence-corrected chi connectivity index (χ1v) is 10.8. The van der Waals surface area contributed by atoms with Crippen molar-refractivity contribution >= 4 is 6.16 Å². The molecule has 1 aliphatic carbocycles. The van der Waals surface area contributed by atoms with Gasteiger partial charge in [-0.3, -0.25) is 0 Å². The van der Waals surface area contributed by atoms with Crippen LogP contribution in [0.25, 0.3) is 0 Å². The number of carbonyl (C=O) groups is 1. The van der Waals surface area contributed by atoms with E-state index in [0.29, 0.717) is 11.7 Å². The fourth-order valence-corrected chi connectivity index (χ4v) is 4.21. The smallest absolute Gasteiger partial charge is 0.401 e. The van der Waals surface area contributed by atoms with E-state index in [-0.39, 0.29) is 6.10 Å². The minimum Gasteiger partial charge on any atom is -0.401 e. The van der Waals surface area contributed by atoms with Gasteiger partial charge in [0.25, 0.3) is 0 Å². The van der Waals surface area contributed by atoms with E-state index in [1.54, 1.807) is 0 Å². The summed E-state index contributed by atoms with van der Waals surface area (Å²) in [7, 11) is 0. The van der Waals surface area contributed by atoms with Crippen molar-refractivity contribution in [3.05, 3.63) is 29.8 Å². The Morgan fingerprint density at radius 3 is 2.41 bits per heavy atom. The molecular weight excluding hydrogens is 340 g/mol. The number of epoxide rings is 1. The highest BCUT2D eigenvalue weighted by Gasteiger charge is 2.42. The van der Waals surface area contributed by atoms with Gasteiger partial charge in [0.05, 0.1) is 0 Å². The molecule has 1 saturated carbocycles. The Morgan fingerprint density at radius 1 is 1.00 bits per heavy atom. The molecule has 0 aromatic heterocycles. The molecule has 0 spiro atoms. The molecule has 4 heteroatoms. The highest BCUT2D eigenvalue weighted by Crippen LogP contribution is 2.38. The number of rotatable bonds is 9. The molecule has 2 atom stereocenters. The summed E-state index contributed by atoms with van der Waals surface area (Å²) in [5.74, 6) is 2.10. The largest absolute Gasteiger partial charge is 0.516 e. The molecule has 0 amide bonds. The molecule has 0 unspecified atom stereocenters. The summed E-state index contributed by atoms with van der Waals surface area (Å²) in [6.45, 7) is 4.35. The Kier molecular flexibility index (Phi) is 7.57. The topological polar surface area (TPSA) is 48.1 Å². The fraction of sp³-hybridized carbons (Fsp3) is 0.696. The van der Waals surface area contributed by atoms with Crippen LogP contribution in [-0.2, 0) is 9.47 Å². The second kappa shape index (κ2) is 10.1. The zero-order valence-corrected chi connectivity index (χ0v) is 16.8. The quantitative estimate of drug-likeness (QED) is 0.212. The van der Waals surface area contributed by atoms with Gasteiger partial charge in [-0.1, -0.05) is 58.1 Å². The highest BCUT2D eigenvalue weighted by atomic mass is 16.8. The van der Waals surface area contributed by atoms with Crippen LogP contribution < -0.4 is 4.74 Å². The first kappa shape index (κ1) is 20.2. The molecule has 150 valence electrons. The van der Waals surface area contributed by atoms with Gasteiger partial charge in [-0.25, -0.2) is 4.79 Å². The molecular formula is C23H34O4. The average Bonchev–Trinajstić information content (AvgIpc) is 3.40. The summed E-state index contributed by atoms with van der Waals surface area (Å²) in [4.78, 5) is 11.8. The van der Waals surface area contributed by atoms with Crippen LogP contribution in [0.5, 0.6) is 5.75 Å². The van der Waals surface area contributed by atoms with Crippen molar-refractivity contribution in [3.63, 3.8) is 0 Å². The molecule has 1 heterocycles. The lowest BCUT2D eigenvalue weighted by molar-refractivity contribution is 0.0562. The second-order valence-corrected chi connectivity index (χ2v) is 8.08. The Balaban J connectivity index is 1.39. The van der Waals surface area contributed by atoms with Crippen LogP contribution in [-0.4, -0.2) is 18.5 Å². The van der Waals surface area contributed by atoms with E-state index in [2.05, 4.69) is 26.0 Å². The predicted octanol–water partition coefficient (Wildman–Crippen LogP) is 6.58. The number of carbonyl (C=O) groups excluding carboxylic acids is 1. The van der Waals surface area contributed by atoms with Gasteiger partial charge in [0.1, 0.15) is 11.9 Å². The summed E-state index contributed by atoms with van der Waals surface area (Å²) in [6.07, 6.45) is 11.6. The number of hydrogen-bond donors (Lipinski definition) is 0. The van der Waals surface area contributed by atoms with E-state index < -0.39 is 12.4 Å². The molecule has 27 heavy (non-hydrogen) atoms. The Morgan fingerprint density at radius 2 is 1.74 bits per heavy atom. The van der Waals surface area contributed by atoms with E-state index in [9.17, 15) is 4.79 Å². The molecule has 1 saturated heterocycles. The third-order valence-corrected chi connectivity index (χ3v) is 5.94. The maximum atomic E-state index is 11.8. The van der Waals surface area contributed by atoms with E-state index in [4.69, 9.17) is 14.2 Å². The van der Waals surface area contributed by atoms with Crippen molar-refractivity contribution in [1.82, 2.24) is 0 Å². The molecule has 2 fully saturated rings. The van der Waals surface area contributed by atoms with Gasteiger partial charge >= 0.3 is 6.16 Å². The molecule has 0 bridgehead atoms. The molecule has 2 aliphatic rings. The molecule has 1 aromatic carbocycles. The minimum absolute atomic E-state index is 0.0435. The Labute approximate surface area is 163 Å². The van der Waals surface area contributed by atoms with Crippen molar-refractivity contribution in [3.8, 4) is 5.75 Å². The van der Waals surface area contributed by atoms with Crippen LogP contribution in [0.4, 0.5) is 4.79 Å². The maximum absolute atomic E-state index is 11.8. The molecule has 0 N–H and O–H groups in total. The number of ether oxygens (including phenoxy) is 3. The zero-order chi connectivity index (χ0) is 19.1. The van der Waals surface area contributed by atoms with Crippen LogP contribution in [0, 0.1) is 5.92 Å². The molecule has 3 rings (SSSR count). The number of unbranched alkanes of at least 4 members (excludes halogenated alkanes) is 2. The summed E-state index contributed by atoms with van der Waals surface area (Å²) in [6, 6.07) is 7.94. The molecule has 1 aromatic rings. The maximum Gasteiger partial charge on any atom is 0.516 e. The summed E-state index contributed by atoms with van der Waals surface area (Å²) < 4.78 is 15.7. The van der Waals surface area contributed by atoms with Crippen LogP contribution in [0.15, 0.2) is 24.3 Å². The third-order valence-electron chi connectivity index (χ3n) is 5.94. The monoisotopic (exact) mass is 374 g/mol. The van der Waals surface area contributed by atoms with E-state index in [1.165, 1.54) is 56.9 Å². The standard InChI is InChI=1S/C23H34O4/c1-3-5-6-8-17-9-11-18(12-10-17)19-13-15-20(16-14-19)25-23(24)27-22-21(26-22)7-4-2/h13-18,21-22H,3-12H2,1-2H3/t17?,18?,21-,22-/m1/s1. The van der Waals surface area contributed by atoms with Crippen LogP contribution in [0.3, 0.4) is 0 Å². The minimum atomic E-state index is -0.682. The van der Waals surface area contributed by atoms with Crippen molar-refractivity contribution in [2.24, 2.45) is 5.92 Å². The molecule has 1 aliphatic heterocycles. The summed E-state index contributed by atoms with van der Waals surface area (Å²) in [5.41, 5.74) is 1.36. The van der Waals surface area contributed by atoms with Gasteiger partial charge in [0.15, 0.2) is 0 Å². The third kappa shape index (κ3) is 6.24. The van der Waals surface area contributed by atoms with Gasteiger partial charge in [-0.2, -0.15) is 0 Å². The first-order chi connectivity index (χ1) is 13.2. The lowest BCUT2D eigenvalue weighted by Crippen LogP contribution is -2.14. The SMILES string of the molecule is CCCCCC1CCC(c2ccc(OC(=O)O[C@H]3O[C@@H]3CCC)cc2)CC1. The van der Waals surface area contributed by atoms with E-state index in [0.717, 1.165) is 18.8 Å². The first-order valence-electron chi connectivity index (χ1n) is 10.8. The lowest BCUT2D eigenvalue weighted by Gasteiger charge is -2.29. The van der Waals surface area contributed by atoms with Crippen molar-refractivity contribution in [2.75, 3.05) is 0 Å². The van der Waals surface area contributed by atoms with E-state index >= 15 is 0 Å². The van der Waals surface area contributed by atoms with Crippen LogP contribution in [0.1, 0.15) is 89.5 Å². The summed E-state index contributed by atoms with van der Waals surface area (Å²) in [5, 5.41) is 0. The Bertz CT molecular complexity index is 575. The summed E-state index contributed by atoms with van der Waals surface area (Å²) >= 11 is 0. The predicted molar refractivity (Wildman–Crippen MR) is 106 cm³/mol. The van der Waals surface area contributed by atoms with Gasteiger partial charge in [-0.05, 0) is 61.6 Å². The fourth-order valence-electron chi connectivity index (χ4n) is 4.21. The normalized spacial score (nSPS) is 27.2. The van der Waals surface area contributed by atoms with E-state index in [1.807, 2.05) is 12.1 Å². The number of benzene rings is 1.